The van der Waals surface area contributed by atoms with Crippen molar-refractivity contribution in [2.75, 3.05) is 18.0 Å². The minimum absolute atomic E-state index is 0.0222. The normalized spacial score (nSPS) is 17.6. The molecule has 136 valence electrons. The van der Waals surface area contributed by atoms with Crippen LogP contribution in [0.4, 0.5) is 6.01 Å². The molecule has 10 heteroatoms. The fourth-order valence-electron chi connectivity index (χ4n) is 3.20. The number of carbonyl (C=O) groups is 1. The van der Waals surface area contributed by atoms with Crippen LogP contribution in [0, 0.1) is 5.92 Å². The monoisotopic (exact) mass is 375 g/mol. The van der Waals surface area contributed by atoms with Gasteiger partial charge in [0.1, 0.15) is 5.52 Å². The molecule has 1 saturated heterocycles. The summed E-state index contributed by atoms with van der Waals surface area (Å²) in [6, 6.07) is 5.99. The Bertz CT molecular complexity index is 895. The van der Waals surface area contributed by atoms with Gasteiger partial charge in [-0.05, 0) is 30.9 Å². The molecular formula is C16H18ClN7O2. The second-order valence-electron chi connectivity index (χ2n) is 6.37. The summed E-state index contributed by atoms with van der Waals surface area (Å²) in [6.07, 6.45) is 2.43. The number of rotatable bonds is 5. The number of amides is 1. The lowest BCUT2D eigenvalue weighted by molar-refractivity contribution is -0.122. The van der Waals surface area contributed by atoms with Crippen LogP contribution >= 0.6 is 11.6 Å². The molecule has 2 aromatic heterocycles. The molecule has 1 aliphatic rings. The molecule has 1 atom stereocenters. The Hall–Kier alpha value is -2.68. The van der Waals surface area contributed by atoms with Crippen molar-refractivity contribution in [3.05, 3.63) is 29.0 Å². The maximum Gasteiger partial charge on any atom is 0.298 e. The van der Waals surface area contributed by atoms with Crippen LogP contribution in [0.5, 0.6) is 0 Å². The molecule has 0 bridgehead atoms. The fraction of sp³-hybridized carbons (Fsp3) is 0.438. The third kappa shape index (κ3) is 3.77. The van der Waals surface area contributed by atoms with Gasteiger partial charge in [-0.3, -0.25) is 4.79 Å². The first-order valence-electron chi connectivity index (χ1n) is 8.47. The van der Waals surface area contributed by atoms with E-state index in [9.17, 15) is 4.79 Å². The molecule has 0 radical (unpaired) electrons. The minimum atomic E-state index is -0.0222. The fourth-order valence-corrected chi connectivity index (χ4v) is 3.36. The Kier molecular flexibility index (Phi) is 4.70. The molecule has 9 nitrogen and oxygen atoms in total. The van der Waals surface area contributed by atoms with E-state index in [2.05, 4.69) is 35.8 Å². The van der Waals surface area contributed by atoms with Crippen molar-refractivity contribution in [2.45, 2.75) is 25.8 Å². The van der Waals surface area contributed by atoms with E-state index in [0.717, 1.165) is 31.4 Å². The number of fused-ring (bicyclic) bond motifs is 1. The number of anilines is 1. The topological polar surface area (TPSA) is 113 Å². The quantitative estimate of drug-likeness (QED) is 0.700. The highest BCUT2D eigenvalue weighted by Gasteiger charge is 2.25. The lowest BCUT2D eigenvalue weighted by Crippen LogP contribution is -2.38. The van der Waals surface area contributed by atoms with Crippen molar-refractivity contribution in [1.29, 1.82) is 0 Å². The van der Waals surface area contributed by atoms with E-state index in [1.54, 1.807) is 12.1 Å². The van der Waals surface area contributed by atoms with E-state index >= 15 is 0 Å². The van der Waals surface area contributed by atoms with Crippen LogP contribution in [0.25, 0.3) is 11.1 Å². The Morgan fingerprint density at radius 1 is 1.46 bits per heavy atom. The average molecular weight is 376 g/mol. The minimum Gasteiger partial charge on any atom is -0.423 e. The molecule has 1 unspecified atom stereocenters. The molecule has 0 aliphatic carbocycles. The number of oxazole rings is 1. The van der Waals surface area contributed by atoms with Crippen LogP contribution in [0.15, 0.2) is 22.6 Å². The zero-order valence-corrected chi connectivity index (χ0v) is 14.7. The number of H-pyrrole nitrogens is 1. The number of halogens is 1. The van der Waals surface area contributed by atoms with E-state index in [4.69, 9.17) is 16.0 Å². The lowest BCUT2D eigenvalue weighted by atomic mass is 9.94. The first-order chi connectivity index (χ1) is 12.7. The third-order valence-corrected chi connectivity index (χ3v) is 4.67. The highest BCUT2D eigenvalue weighted by molar-refractivity contribution is 6.31. The van der Waals surface area contributed by atoms with Gasteiger partial charge in [0.2, 0.25) is 5.91 Å². The van der Waals surface area contributed by atoms with Crippen LogP contribution in [-0.2, 0) is 11.3 Å². The zero-order chi connectivity index (χ0) is 17.9. The van der Waals surface area contributed by atoms with Crippen molar-refractivity contribution in [2.24, 2.45) is 5.92 Å². The average Bonchev–Trinajstić information content (AvgIpc) is 3.29. The number of nitrogens with zero attached hydrogens (tertiary/aromatic N) is 5. The van der Waals surface area contributed by atoms with E-state index in [0.29, 0.717) is 28.9 Å². The molecule has 1 amide bonds. The summed E-state index contributed by atoms with van der Waals surface area (Å²) >= 11 is 6.00. The van der Waals surface area contributed by atoms with Crippen LogP contribution in [0.1, 0.15) is 25.1 Å². The first kappa shape index (κ1) is 16.8. The summed E-state index contributed by atoms with van der Waals surface area (Å²) in [5.41, 5.74) is 1.46. The van der Waals surface area contributed by atoms with Crippen molar-refractivity contribution < 1.29 is 9.21 Å². The largest absolute Gasteiger partial charge is 0.423 e. The van der Waals surface area contributed by atoms with E-state index in [1.807, 2.05) is 6.07 Å². The van der Waals surface area contributed by atoms with Crippen molar-refractivity contribution in [1.82, 2.24) is 30.9 Å². The number of aromatic nitrogens is 5. The molecule has 0 saturated carbocycles. The van der Waals surface area contributed by atoms with Gasteiger partial charge < -0.3 is 14.6 Å². The third-order valence-electron chi connectivity index (χ3n) is 4.44. The highest BCUT2D eigenvalue weighted by Crippen LogP contribution is 2.28. The molecule has 1 fully saturated rings. The number of hydrogen-bond acceptors (Lipinski definition) is 7. The standard InChI is InChI=1S/C16H18ClN7O2/c17-11-3-4-12-13(7-11)26-16(19-12)24-5-1-2-10(9-24)6-15(25)18-8-14-20-22-23-21-14/h3-4,7,10H,1-2,5-6,8-9H2,(H,18,25)(H,20,21,22,23). The molecule has 2 N–H and O–H groups in total. The second kappa shape index (κ2) is 7.28. The molecule has 1 aromatic carbocycles. The SMILES string of the molecule is O=C(CC1CCCN(c2nc3ccc(Cl)cc3o2)C1)NCc1nn[nH]n1. The second-order valence-corrected chi connectivity index (χ2v) is 6.81. The summed E-state index contributed by atoms with van der Waals surface area (Å²) in [4.78, 5) is 18.8. The Morgan fingerprint density at radius 3 is 3.23 bits per heavy atom. The number of nitrogens with one attached hydrogen (secondary N) is 2. The maximum absolute atomic E-state index is 12.2. The lowest BCUT2D eigenvalue weighted by Gasteiger charge is -2.31. The van der Waals surface area contributed by atoms with Gasteiger partial charge in [-0.15, -0.1) is 10.2 Å². The van der Waals surface area contributed by atoms with Crippen molar-refractivity contribution >= 4 is 34.6 Å². The van der Waals surface area contributed by atoms with Crippen LogP contribution < -0.4 is 10.2 Å². The van der Waals surface area contributed by atoms with Crippen molar-refractivity contribution in [3.8, 4) is 0 Å². The summed E-state index contributed by atoms with van der Waals surface area (Å²) in [7, 11) is 0. The Morgan fingerprint density at radius 2 is 2.38 bits per heavy atom. The number of benzene rings is 1. The summed E-state index contributed by atoms with van der Waals surface area (Å²) in [5, 5.41) is 16.9. The molecule has 3 aromatic rings. The van der Waals surface area contributed by atoms with Crippen molar-refractivity contribution in [3.63, 3.8) is 0 Å². The van der Waals surface area contributed by atoms with Crippen LogP contribution in [0.3, 0.4) is 0 Å². The van der Waals surface area contributed by atoms with E-state index < -0.39 is 0 Å². The maximum atomic E-state index is 12.2. The summed E-state index contributed by atoms with van der Waals surface area (Å²) < 4.78 is 5.84. The van der Waals surface area contributed by atoms with Gasteiger partial charge in [0.05, 0.1) is 6.54 Å². The number of hydrogen-bond donors (Lipinski definition) is 2. The Labute approximate surface area is 154 Å². The molecule has 4 rings (SSSR count). The van der Waals surface area contributed by atoms with Crippen LogP contribution in [0.2, 0.25) is 5.02 Å². The zero-order valence-electron chi connectivity index (χ0n) is 14.0. The molecule has 0 spiro atoms. The molecule has 3 heterocycles. The van der Waals surface area contributed by atoms with Gasteiger partial charge in [-0.2, -0.15) is 10.2 Å². The van der Waals surface area contributed by atoms with Crippen LogP contribution in [-0.4, -0.2) is 44.6 Å². The van der Waals surface area contributed by atoms with E-state index in [1.165, 1.54) is 0 Å². The van der Waals surface area contributed by atoms with Gasteiger partial charge in [0, 0.05) is 30.6 Å². The van der Waals surface area contributed by atoms with Gasteiger partial charge in [-0.1, -0.05) is 16.8 Å². The summed E-state index contributed by atoms with van der Waals surface area (Å²) in [6.45, 7) is 1.87. The van der Waals surface area contributed by atoms with Gasteiger partial charge in [0.15, 0.2) is 11.4 Å². The number of aromatic amines is 1. The summed E-state index contributed by atoms with van der Waals surface area (Å²) in [5.74, 6) is 0.687. The predicted molar refractivity (Wildman–Crippen MR) is 94.6 cm³/mol. The van der Waals surface area contributed by atoms with Gasteiger partial charge >= 0.3 is 0 Å². The van der Waals surface area contributed by atoms with E-state index in [-0.39, 0.29) is 18.4 Å². The number of carbonyl (C=O) groups excluding carboxylic acids is 1. The molecule has 26 heavy (non-hydrogen) atoms. The first-order valence-corrected chi connectivity index (χ1v) is 8.85. The number of piperidine rings is 1. The predicted octanol–water partition coefficient (Wildman–Crippen LogP) is 1.92. The smallest absolute Gasteiger partial charge is 0.298 e. The highest BCUT2D eigenvalue weighted by atomic mass is 35.5. The Balaban J connectivity index is 1.36. The molecular weight excluding hydrogens is 358 g/mol. The van der Waals surface area contributed by atoms with Gasteiger partial charge in [0.25, 0.3) is 6.01 Å². The molecule has 1 aliphatic heterocycles. The number of tetrazole rings is 1. The van der Waals surface area contributed by atoms with Gasteiger partial charge in [-0.25, -0.2) is 0 Å².